The van der Waals surface area contributed by atoms with Gasteiger partial charge in [0, 0.05) is 19.5 Å². The maximum atomic E-state index is 12.1. The van der Waals surface area contributed by atoms with Crippen molar-refractivity contribution in [2.45, 2.75) is 0 Å². The fraction of sp³-hybridized carbons (Fsp3) is 0.188. The minimum Gasteiger partial charge on any atom is -0.507 e. The van der Waals surface area contributed by atoms with Crippen molar-refractivity contribution in [3.8, 4) is 11.8 Å². The highest BCUT2D eigenvalue weighted by atomic mass is 16.5. The van der Waals surface area contributed by atoms with Gasteiger partial charge in [0.2, 0.25) is 0 Å². The summed E-state index contributed by atoms with van der Waals surface area (Å²) in [6.45, 7) is -0.405. The molecular formula is C16H14N2O4. The number of phenols is 1. The second kappa shape index (κ2) is 6.14. The molecule has 0 aliphatic heterocycles. The highest BCUT2D eigenvalue weighted by Crippen LogP contribution is 2.28. The number of nitriles is 1. The third kappa shape index (κ3) is 2.99. The van der Waals surface area contributed by atoms with E-state index >= 15 is 0 Å². The molecular weight excluding hydrogens is 284 g/mol. The van der Waals surface area contributed by atoms with Crippen molar-refractivity contribution in [3.63, 3.8) is 0 Å². The van der Waals surface area contributed by atoms with E-state index in [2.05, 4.69) is 0 Å². The van der Waals surface area contributed by atoms with Crippen LogP contribution in [0.2, 0.25) is 0 Å². The SMILES string of the molecule is CN(C)C(=O)COC(=O)c1c(O)ccc2cc(C#N)ccc12. The topological polar surface area (TPSA) is 90.6 Å². The van der Waals surface area contributed by atoms with Gasteiger partial charge in [0.05, 0.1) is 11.6 Å². The summed E-state index contributed by atoms with van der Waals surface area (Å²) in [5.41, 5.74) is 0.425. The van der Waals surface area contributed by atoms with Gasteiger partial charge < -0.3 is 14.7 Å². The summed E-state index contributed by atoms with van der Waals surface area (Å²) in [7, 11) is 3.10. The Hall–Kier alpha value is -3.07. The first-order valence-corrected chi connectivity index (χ1v) is 6.47. The van der Waals surface area contributed by atoms with Gasteiger partial charge in [-0.3, -0.25) is 4.79 Å². The summed E-state index contributed by atoms with van der Waals surface area (Å²) in [5, 5.41) is 19.9. The second-order valence-electron chi connectivity index (χ2n) is 4.87. The number of hydrogen-bond acceptors (Lipinski definition) is 5. The number of aromatic hydroxyl groups is 1. The number of phenolic OH excluding ortho intramolecular Hbond substituents is 1. The van der Waals surface area contributed by atoms with Gasteiger partial charge in [-0.05, 0) is 23.6 Å². The summed E-state index contributed by atoms with van der Waals surface area (Å²) in [4.78, 5) is 24.9. The third-order valence-electron chi connectivity index (χ3n) is 3.16. The highest BCUT2D eigenvalue weighted by molar-refractivity contribution is 6.07. The van der Waals surface area contributed by atoms with Crippen LogP contribution in [0.3, 0.4) is 0 Å². The number of likely N-dealkylation sites (N-methyl/N-ethyl adjacent to an activating group) is 1. The monoisotopic (exact) mass is 298 g/mol. The van der Waals surface area contributed by atoms with E-state index in [1.54, 1.807) is 38.4 Å². The predicted molar refractivity (Wildman–Crippen MR) is 79.3 cm³/mol. The maximum absolute atomic E-state index is 12.1. The normalized spacial score (nSPS) is 10.0. The molecule has 2 aromatic rings. The lowest BCUT2D eigenvalue weighted by Crippen LogP contribution is -2.27. The molecule has 1 amide bonds. The lowest BCUT2D eigenvalue weighted by molar-refractivity contribution is -0.131. The first-order valence-electron chi connectivity index (χ1n) is 6.47. The van der Waals surface area contributed by atoms with Crippen molar-refractivity contribution in [2.75, 3.05) is 20.7 Å². The van der Waals surface area contributed by atoms with E-state index in [0.717, 1.165) is 0 Å². The van der Waals surface area contributed by atoms with E-state index in [1.807, 2.05) is 6.07 Å². The van der Waals surface area contributed by atoms with Crippen LogP contribution < -0.4 is 0 Å². The van der Waals surface area contributed by atoms with Crippen LogP contribution in [0.5, 0.6) is 5.75 Å². The first-order chi connectivity index (χ1) is 10.4. The van der Waals surface area contributed by atoms with Gasteiger partial charge in [0.15, 0.2) is 6.61 Å². The molecule has 0 spiro atoms. The number of fused-ring (bicyclic) bond motifs is 1. The molecule has 0 saturated carbocycles. The Morgan fingerprint density at radius 3 is 2.64 bits per heavy atom. The summed E-state index contributed by atoms with van der Waals surface area (Å²) >= 11 is 0. The van der Waals surface area contributed by atoms with Crippen LogP contribution in [0.1, 0.15) is 15.9 Å². The van der Waals surface area contributed by atoms with Crippen molar-refractivity contribution in [1.82, 2.24) is 4.90 Å². The van der Waals surface area contributed by atoms with Crippen molar-refractivity contribution >= 4 is 22.6 Å². The van der Waals surface area contributed by atoms with Gasteiger partial charge in [0.25, 0.3) is 5.91 Å². The molecule has 0 atom stereocenters. The number of hydrogen-bond donors (Lipinski definition) is 1. The van der Waals surface area contributed by atoms with E-state index in [1.165, 1.54) is 11.0 Å². The zero-order valence-electron chi connectivity index (χ0n) is 12.2. The Bertz CT molecular complexity index is 791. The number of carbonyl (C=O) groups excluding carboxylic acids is 2. The Kier molecular flexibility index (Phi) is 4.28. The van der Waals surface area contributed by atoms with Crippen LogP contribution in [0, 0.1) is 11.3 Å². The molecule has 0 radical (unpaired) electrons. The number of esters is 1. The molecule has 0 fully saturated rings. The average molecular weight is 298 g/mol. The molecule has 1 N–H and O–H groups in total. The maximum Gasteiger partial charge on any atom is 0.343 e. The minimum absolute atomic E-state index is 0.0199. The molecule has 6 nitrogen and oxygen atoms in total. The van der Waals surface area contributed by atoms with E-state index in [0.29, 0.717) is 16.3 Å². The molecule has 0 heterocycles. The molecule has 0 aliphatic carbocycles. The predicted octanol–water partition coefficient (Wildman–Crippen LogP) is 1.66. The number of rotatable bonds is 3. The van der Waals surface area contributed by atoms with Crippen molar-refractivity contribution < 1.29 is 19.4 Å². The number of nitrogens with zero attached hydrogens (tertiary/aromatic N) is 2. The van der Waals surface area contributed by atoms with Crippen molar-refractivity contribution in [3.05, 3.63) is 41.5 Å². The van der Waals surface area contributed by atoms with Crippen LogP contribution >= 0.6 is 0 Å². The zero-order chi connectivity index (χ0) is 16.3. The van der Waals surface area contributed by atoms with Gasteiger partial charge >= 0.3 is 5.97 Å². The number of benzene rings is 2. The quantitative estimate of drug-likeness (QED) is 0.870. The zero-order valence-corrected chi connectivity index (χ0v) is 12.2. The molecule has 22 heavy (non-hydrogen) atoms. The molecule has 0 bridgehead atoms. The standard InChI is InChI=1S/C16H14N2O4/c1-18(2)14(20)9-22-16(21)15-12-5-3-10(8-17)7-11(12)4-6-13(15)19/h3-7,19H,9H2,1-2H3. The van der Waals surface area contributed by atoms with Crippen LogP contribution in [-0.4, -0.2) is 42.6 Å². The lowest BCUT2D eigenvalue weighted by atomic mass is 10.0. The Morgan fingerprint density at radius 2 is 2.00 bits per heavy atom. The molecule has 112 valence electrons. The molecule has 6 heteroatoms. The van der Waals surface area contributed by atoms with E-state index < -0.39 is 12.6 Å². The number of ether oxygens (including phenoxy) is 1. The van der Waals surface area contributed by atoms with Gasteiger partial charge in [-0.1, -0.05) is 12.1 Å². The summed E-state index contributed by atoms with van der Waals surface area (Å²) in [6, 6.07) is 9.69. The lowest BCUT2D eigenvalue weighted by Gasteiger charge is -2.12. The fourth-order valence-electron chi connectivity index (χ4n) is 1.93. The first kappa shape index (κ1) is 15.3. The van der Waals surface area contributed by atoms with Gasteiger partial charge in [-0.2, -0.15) is 5.26 Å². The van der Waals surface area contributed by atoms with Crippen molar-refractivity contribution in [2.24, 2.45) is 0 Å². The largest absolute Gasteiger partial charge is 0.507 e. The van der Waals surface area contributed by atoms with Crippen LogP contribution in [0.25, 0.3) is 10.8 Å². The van der Waals surface area contributed by atoms with Crippen LogP contribution in [-0.2, 0) is 9.53 Å². The third-order valence-corrected chi connectivity index (χ3v) is 3.16. The molecule has 2 rings (SSSR count). The average Bonchev–Trinajstić information content (AvgIpc) is 2.51. The molecule has 0 saturated heterocycles. The summed E-state index contributed by atoms with van der Waals surface area (Å²) in [6.07, 6.45) is 0. The van der Waals surface area contributed by atoms with E-state index in [4.69, 9.17) is 10.00 Å². The molecule has 2 aromatic carbocycles. The van der Waals surface area contributed by atoms with Gasteiger partial charge in [0.1, 0.15) is 11.3 Å². The summed E-state index contributed by atoms with van der Waals surface area (Å²) < 4.78 is 4.94. The van der Waals surface area contributed by atoms with Gasteiger partial charge in [-0.15, -0.1) is 0 Å². The summed E-state index contributed by atoms with van der Waals surface area (Å²) in [5.74, 6) is -1.39. The highest BCUT2D eigenvalue weighted by Gasteiger charge is 2.18. The Labute approximate surface area is 127 Å². The van der Waals surface area contributed by atoms with E-state index in [-0.39, 0.29) is 17.2 Å². The Morgan fingerprint density at radius 1 is 1.27 bits per heavy atom. The minimum atomic E-state index is -0.789. The number of carbonyl (C=O) groups is 2. The number of amides is 1. The molecule has 0 aromatic heterocycles. The van der Waals surface area contributed by atoms with Crippen LogP contribution in [0.4, 0.5) is 0 Å². The second-order valence-corrected chi connectivity index (χ2v) is 4.87. The van der Waals surface area contributed by atoms with Gasteiger partial charge in [-0.25, -0.2) is 4.79 Å². The van der Waals surface area contributed by atoms with Crippen molar-refractivity contribution in [1.29, 1.82) is 5.26 Å². The molecule has 0 aliphatic rings. The smallest absolute Gasteiger partial charge is 0.343 e. The molecule has 0 unspecified atom stereocenters. The van der Waals surface area contributed by atoms with Crippen LogP contribution in [0.15, 0.2) is 30.3 Å². The Balaban J connectivity index is 2.37. The van der Waals surface area contributed by atoms with E-state index in [9.17, 15) is 14.7 Å². The fourth-order valence-corrected chi connectivity index (χ4v) is 1.93.